The first-order valence-corrected chi connectivity index (χ1v) is 20.3. The Hall–Kier alpha value is -8.15. The van der Waals surface area contributed by atoms with Crippen LogP contribution in [0.25, 0.3) is 111 Å². The summed E-state index contributed by atoms with van der Waals surface area (Å²) < 4.78 is 4.66. The van der Waals surface area contributed by atoms with Crippen LogP contribution in [0.15, 0.2) is 212 Å². The van der Waals surface area contributed by atoms with Crippen LogP contribution in [0.5, 0.6) is 0 Å². The lowest BCUT2D eigenvalue weighted by Crippen LogP contribution is -1.97. The van der Waals surface area contributed by atoms with E-state index in [-0.39, 0.29) is 0 Å². The molecule has 0 aliphatic heterocycles. The maximum Gasteiger partial charge on any atom is 0.161 e. The van der Waals surface area contributed by atoms with E-state index < -0.39 is 0 Å². The van der Waals surface area contributed by atoms with Crippen molar-refractivity contribution in [2.24, 2.45) is 0 Å². The molecule has 3 aromatic heterocycles. The summed E-state index contributed by atoms with van der Waals surface area (Å²) in [4.78, 5) is 15.6. The molecular formula is C55H35N5. The summed E-state index contributed by atoms with van der Waals surface area (Å²) in [6.45, 7) is 0. The Morgan fingerprint density at radius 1 is 0.317 bits per heavy atom. The highest BCUT2D eigenvalue weighted by molar-refractivity contribution is 6.28. The minimum absolute atomic E-state index is 0.703. The van der Waals surface area contributed by atoms with Gasteiger partial charge in [-0.25, -0.2) is 15.0 Å². The fourth-order valence-electron chi connectivity index (χ4n) is 9.00. The van der Waals surface area contributed by atoms with Crippen molar-refractivity contribution in [3.63, 3.8) is 0 Å². The van der Waals surface area contributed by atoms with Crippen molar-refractivity contribution in [2.45, 2.75) is 0 Å². The van der Waals surface area contributed by atoms with Crippen LogP contribution >= 0.6 is 0 Å². The quantitative estimate of drug-likeness (QED) is 0.152. The molecule has 280 valence electrons. The molecule has 0 unspecified atom stereocenters. The van der Waals surface area contributed by atoms with Crippen molar-refractivity contribution in [1.29, 1.82) is 0 Å². The SMILES string of the molecule is c1ccc(-c2cc(-c3ccccc3)nc(-c3ccc4c5c3ccc3c(-c6ccc(-n7c(-c8ccccc8)nc8ccccc87)cc6)ccc(c35)n4-c3ccccc3)n2)cc1. The van der Waals surface area contributed by atoms with E-state index in [4.69, 9.17) is 15.0 Å². The molecule has 0 N–H and O–H groups in total. The second kappa shape index (κ2) is 13.8. The second-order valence-corrected chi connectivity index (χ2v) is 15.2. The number of hydrogen-bond acceptors (Lipinski definition) is 3. The zero-order valence-corrected chi connectivity index (χ0v) is 32.4. The van der Waals surface area contributed by atoms with Gasteiger partial charge in [-0.2, -0.15) is 0 Å². The largest absolute Gasteiger partial charge is 0.309 e. The third-order valence-electron chi connectivity index (χ3n) is 11.7. The number of para-hydroxylation sites is 3. The lowest BCUT2D eigenvalue weighted by Gasteiger charge is -2.13. The third kappa shape index (κ3) is 5.44. The van der Waals surface area contributed by atoms with Crippen LogP contribution in [0.1, 0.15) is 0 Å². The average Bonchev–Trinajstić information content (AvgIpc) is 3.89. The minimum Gasteiger partial charge on any atom is -0.309 e. The first-order chi connectivity index (χ1) is 29.8. The summed E-state index contributed by atoms with van der Waals surface area (Å²) in [5.41, 5.74) is 14.9. The van der Waals surface area contributed by atoms with Crippen molar-refractivity contribution in [3.8, 4) is 67.8 Å². The molecule has 0 amide bonds. The van der Waals surface area contributed by atoms with Crippen molar-refractivity contribution in [2.75, 3.05) is 0 Å². The fraction of sp³-hybridized carbons (Fsp3) is 0. The molecule has 0 radical (unpaired) electrons. The van der Waals surface area contributed by atoms with E-state index in [0.717, 1.165) is 83.9 Å². The maximum absolute atomic E-state index is 5.26. The second-order valence-electron chi connectivity index (χ2n) is 15.2. The Balaban J connectivity index is 1.06. The molecular weight excluding hydrogens is 731 g/mol. The number of hydrogen-bond donors (Lipinski definition) is 0. The smallest absolute Gasteiger partial charge is 0.161 e. The van der Waals surface area contributed by atoms with Crippen molar-refractivity contribution in [1.82, 2.24) is 24.1 Å². The molecule has 12 rings (SSSR count). The van der Waals surface area contributed by atoms with Gasteiger partial charge >= 0.3 is 0 Å². The molecule has 5 heteroatoms. The number of aromatic nitrogens is 5. The first-order valence-electron chi connectivity index (χ1n) is 20.3. The Kier molecular flexibility index (Phi) is 7.78. The Morgan fingerprint density at radius 2 is 0.817 bits per heavy atom. The summed E-state index contributed by atoms with van der Waals surface area (Å²) in [6.07, 6.45) is 0. The predicted molar refractivity (Wildman–Crippen MR) is 247 cm³/mol. The van der Waals surface area contributed by atoms with Gasteiger partial charge in [0.2, 0.25) is 0 Å². The van der Waals surface area contributed by atoms with Crippen molar-refractivity contribution < 1.29 is 0 Å². The van der Waals surface area contributed by atoms with Gasteiger partial charge in [0.05, 0.1) is 33.5 Å². The molecule has 0 bridgehead atoms. The van der Waals surface area contributed by atoms with Gasteiger partial charge in [-0.3, -0.25) is 4.57 Å². The van der Waals surface area contributed by atoms with Crippen LogP contribution in [-0.2, 0) is 0 Å². The molecule has 3 heterocycles. The van der Waals surface area contributed by atoms with Gasteiger partial charge in [-0.1, -0.05) is 152 Å². The van der Waals surface area contributed by atoms with Gasteiger partial charge < -0.3 is 4.57 Å². The Labute approximate surface area is 346 Å². The predicted octanol–water partition coefficient (Wildman–Crippen LogP) is 13.8. The third-order valence-corrected chi connectivity index (χ3v) is 11.7. The molecule has 12 aromatic rings. The van der Waals surface area contributed by atoms with E-state index in [0.29, 0.717) is 5.82 Å². The van der Waals surface area contributed by atoms with Crippen LogP contribution in [0, 0.1) is 0 Å². The van der Waals surface area contributed by atoms with E-state index in [2.05, 4.69) is 197 Å². The van der Waals surface area contributed by atoms with Crippen LogP contribution in [-0.4, -0.2) is 24.1 Å². The van der Waals surface area contributed by atoms with Crippen molar-refractivity contribution in [3.05, 3.63) is 212 Å². The van der Waals surface area contributed by atoms with Gasteiger partial charge in [0, 0.05) is 44.4 Å². The first kappa shape index (κ1) is 33.9. The topological polar surface area (TPSA) is 48.5 Å². The average molecular weight is 766 g/mol. The number of nitrogens with zero attached hydrogens (tertiary/aromatic N) is 5. The van der Waals surface area contributed by atoms with E-state index >= 15 is 0 Å². The lowest BCUT2D eigenvalue weighted by atomic mass is 9.93. The van der Waals surface area contributed by atoms with Crippen LogP contribution in [0.3, 0.4) is 0 Å². The van der Waals surface area contributed by atoms with E-state index in [1.54, 1.807) is 0 Å². The molecule has 0 saturated carbocycles. The van der Waals surface area contributed by atoms with Gasteiger partial charge in [-0.15, -0.1) is 0 Å². The van der Waals surface area contributed by atoms with E-state index in [1.165, 1.54) is 21.7 Å². The minimum atomic E-state index is 0.703. The summed E-state index contributed by atoms with van der Waals surface area (Å²) in [7, 11) is 0. The molecule has 0 atom stereocenters. The molecule has 9 aromatic carbocycles. The Bertz CT molecular complexity index is 3440. The molecule has 0 aliphatic carbocycles. The molecule has 0 aliphatic rings. The number of fused-ring (bicyclic) bond motifs is 1. The van der Waals surface area contributed by atoms with Crippen LogP contribution in [0.2, 0.25) is 0 Å². The van der Waals surface area contributed by atoms with Crippen molar-refractivity contribution >= 4 is 43.6 Å². The highest BCUT2D eigenvalue weighted by Gasteiger charge is 2.23. The van der Waals surface area contributed by atoms with Gasteiger partial charge in [0.25, 0.3) is 0 Å². The number of rotatable bonds is 7. The normalized spacial score (nSPS) is 11.7. The number of benzene rings is 9. The summed E-state index contributed by atoms with van der Waals surface area (Å²) in [5, 5.41) is 4.75. The highest BCUT2D eigenvalue weighted by Crippen LogP contribution is 2.45. The number of imidazole rings is 1. The fourth-order valence-corrected chi connectivity index (χ4v) is 9.00. The molecule has 60 heavy (non-hydrogen) atoms. The van der Waals surface area contributed by atoms with E-state index in [1.807, 2.05) is 24.3 Å². The summed E-state index contributed by atoms with van der Waals surface area (Å²) in [5.74, 6) is 1.63. The monoisotopic (exact) mass is 765 g/mol. The van der Waals surface area contributed by atoms with Gasteiger partial charge in [-0.05, 0) is 82.6 Å². The highest BCUT2D eigenvalue weighted by atomic mass is 15.1. The molecule has 5 nitrogen and oxygen atoms in total. The lowest BCUT2D eigenvalue weighted by molar-refractivity contribution is 1.10. The maximum atomic E-state index is 5.26. The van der Waals surface area contributed by atoms with Crippen LogP contribution in [0.4, 0.5) is 0 Å². The summed E-state index contributed by atoms with van der Waals surface area (Å²) >= 11 is 0. The van der Waals surface area contributed by atoms with Crippen LogP contribution < -0.4 is 0 Å². The molecule has 0 saturated heterocycles. The molecule has 0 fully saturated rings. The standard InChI is InChI=1S/C55H35N5/c1-5-15-37(16-6-1)47-35-48(38-17-7-2-8-18-38)57-54(56-47)45-32-34-51-53-44(45)30-29-43-42(31-33-50(52(43)53)59(51)40-21-11-4-12-22-40)36-25-27-41(28-26-36)60-49-24-14-13-23-46(49)58-55(60)39-19-9-3-10-20-39/h1-35H. The Morgan fingerprint density at radius 3 is 1.43 bits per heavy atom. The molecule has 0 spiro atoms. The van der Waals surface area contributed by atoms with Gasteiger partial charge in [0.1, 0.15) is 5.82 Å². The zero-order chi connectivity index (χ0) is 39.6. The van der Waals surface area contributed by atoms with Gasteiger partial charge in [0.15, 0.2) is 5.82 Å². The van der Waals surface area contributed by atoms with E-state index in [9.17, 15) is 0 Å². The zero-order valence-electron chi connectivity index (χ0n) is 32.4. The summed E-state index contributed by atoms with van der Waals surface area (Å²) in [6, 6.07) is 74.8.